The van der Waals surface area contributed by atoms with Gasteiger partial charge in [-0.15, -0.1) is 0 Å². The minimum atomic E-state index is -0.182. The first-order valence-corrected chi connectivity index (χ1v) is 8.89. The van der Waals surface area contributed by atoms with Crippen molar-refractivity contribution >= 4 is 5.91 Å². The zero-order chi connectivity index (χ0) is 16.7. The van der Waals surface area contributed by atoms with Crippen molar-refractivity contribution in [2.75, 3.05) is 26.2 Å². The zero-order valence-corrected chi connectivity index (χ0v) is 14.4. The molecule has 1 heterocycles. The summed E-state index contributed by atoms with van der Waals surface area (Å²) in [5.74, 6) is 0.328. The molecule has 1 amide bonds. The lowest BCUT2D eigenvalue weighted by atomic mass is 9.97. The van der Waals surface area contributed by atoms with Crippen LogP contribution in [-0.4, -0.2) is 41.9 Å². The van der Waals surface area contributed by atoms with Gasteiger partial charge in [0.25, 0.3) is 0 Å². The molecule has 0 spiro atoms. The summed E-state index contributed by atoms with van der Waals surface area (Å²) in [5.41, 5.74) is 0.999. The van der Waals surface area contributed by atoms with Gasteiger partial charge in [0.1, 0.15) is 5.82 Å². The zero-order valence-electron chi connectivity index (χ0n) is 14.4. The van der Waals surface area contributed by atoms with Gasteiger partial charge in [-0.3, -0.25) is 9.69 Å². The Morgan fingerprint density at radius 3 is 2.57 bits per heavy atom. The fraction of sp³-hybridized carbons (Fsp3) is 0.632. The first-order chi connectivity index (χ1) is 11.1. The monoisotopic (exact) mass is 320 g/mol. The number of carbonyl (C=O) groups is 1. The van der Waals surface area contributed by atoms with Crippen LogP contribution in [0.5, 0.6) is 0 Å². The maximum atomic E-state index is 13.2. The van der Waals surface area contributed by atoms with Gasteiger partial charge in [0.2, 0.25) is 5.91 Å². The van der Waals surface area contributed by atoms with Crippen molar-refractivity contribution in [2.45, 2.75) is 46.1 Å². The van der Waals surface area contributed by atoms with Gasteiger partial charge in [-0.1, -0.05) is 38.8 Å². The Morgan fingerprint density at radius 1 is 1.22 bits per heavy atom. The molecule has 0 unspecified atom stereocenters. The molecule has 1 aliphatic rings. The Bertz CT molecular complexity index is 498. The molecule has 1 aromatic rings. The smallest absolute Gasteiger partial charge is 0.225 e. The van der Waals surface area contributed by atoms with E-state index < -0.39 is 0 Å². The van der Waals surface area contributed by atoms with Crippen molar-refractivity contribution in [3.8, 4) is 0 Å². The lowest BCUT2D eigenvalue weighted by molar-refractivity contribution is -0.137. The number of benzene rings is 1. The van der Waals surface area contributed by atoms with Crippen LogP contribution >= 0.6 is 0 Å². The van der Waals surface area contributed by atoms with Crippen molar-refractivity contribution < 1.29 is 9.18 Å². The number of hydrogen-bond donors (Lipinski definition) is 0. The molecular weight excluding hydrogens is 291 g/mol. The minimum Gasteiger partial charge on any atom is -0.340 e. The highest BCUT2D eigenvalue weighted by molar-refractivity contribution is 5.78. The molecule has 0 radical (unpaired) electrons. The molecule has 0 saturated carbocycles. The first kappa shape index (κ1) is 17.9. The fourth-order valence-corrected chi connectivity index (χ4v) is 3.23. The Kier molecular flexibility index (Phi) is 7.03. The first-order valence-electron chi connectivity index (χ1n) is 8.89. The summed E-state index contributed by atoms with van der Waals surface area (Å²) in [5, 5.41) is 0. The average Bonchev–Trinajstić information content (AvgIpc) is 2.56. The highest BCUT2D eigenvalue weighted by Crippen LogP contribution is 2.18. The number of piperazine rings is 1. The Hall–Kier alpha value is -1.42. The number of unbranched alkanes of at least 4 members (excludes halogenated alkanes) is 1. The molecule has 4 heteroatoms. The minimum absolute atomic E-state index is 0.182. The van der Waals surface area contributed by atoms with E-state index in [1.54, 1.807) is 12.1 Å². The van der Waals surface area contributed by atoms with Crippen molar-refractivity contribution in [3.63, 3.8) is 0 Å². The molecule has 0 aliphatic carbocycles. The van der Waals surface area contributed by atoms with Gasteiger partial charge < -0.3 is 4.90 Å². The standard InChI is InChI=1S/C19H29FN2O/c1-3-5-8-17(4-2)19(23)22-12-10-21(11-13-22)15-16-7-6-9-18(20)14-16/h6-7,9,14,17H,3-5,8,10-13,15H2,1-2H3/t17-/m0/s1. The van der Waals surface area contributed by atoms with E-state index in [2.05, 4.69) is 18.7 Å². The Balaban J connectivity index is 1.82. The van der Waals surface area contributed by atoms with Crippen LogP contribution < -0.4 is 0 Å². The third-order valence-electron chi connectivity index (χ3n) is 4.73. The molecule has 3 nitrogen and oxygen atoms in total. The van der Waals surface area contributed by atoms with Crippen LogP contribution in [0.2, 0.25) is 0 Å². The quantitative estimate of drug-likeness (QED) is 0.765. The fourth-order valence-electron chi connectivity index (χ4n) is 3.23. The molecule has 23 heavy (non-hydrogen) atoms. The normalized spacial score (nSPS) is 17.3. The number of rotatable bonds is 7. The van der Waals surface area contributed by atoms with Crippen LogP contribution in [0.4, 0.5) is 4.39 Å². The van der Waals surface area contributed by atoms with E-state index in [1.165, 1.54) is 6.07 Å². The maximum absolute atomic E-state index is 13.2. The van der Waals surface area contributed by atoms with Gasteiger partial charge >= 0.3 is 0 Å². The second-order valence-electron chi connectivity index (χ2n) is 6.48. The second-order valence-corrected chi connectivity index (χ2v) is 6.48. The molecular formula is C19H29FN2O. The summed E-state index contributed by atoms with van der Waals surface area (Å²) in [7, 11) is 0. The van der Waals surface area contributed by atoms with Crippen molar-refractivity contribution in [1.29, 1.82) is 0 Å². The van der Waals surface area contributed by atoms with Crippen LogP contribution in [-0.2, 0) is 11.3 Å². The van der Waals surface area contributed by atoms with Gasteiger partial charge in [-0.25, -0.2) is 4.39 Å². The van der Waals surface area contributed by atoms with Crippen molar-refractivity contribution in [2.24, 2.45) is 5.92 Å². The molecule has 2 rings (SSSR count). The number of nitrogens with zero attached hydrogens (tertiary/aromatic N) is 2. The molecule has 0 aromatic heterocycles. The molecule has 128 valence electrons. The molecule has 0 bridgehead atoms. The van der Waals surface area contributed by atoms with Gasteiger partial charge in [-0.05, 0) is 30.5 Å². The largest absolute Gasteiger partial charge is 0.340 e. The Labute approximate surface area is 139 Å². The number of carbonyl (C=O) groups excluding carboxylic acids is 1. The third kappa shape index (κ3) is 5.31. The molecule has 1 atom stereocenters. The van der Waals surface area contributed by atoms with E-state index in [-0.39, 0.29) is 11.7 Å². The number of amides is 1. The lowest BCUT2D eigenvalue weighted by Gasteiger charge is -2.36. The van der Waals surface area contributed by atoms with E-state index in [9.17, 15) is 9.18 Å². The van der Waals surface area contributed by atoms with Crippen molar-refractivity contribution in [1.82, 2.24) is 9.80 Å². The summed E-state index contributed by atoms with van der Waals surface area (Å²) in [4.78, 5) is 16.9. The number of hydrogen-bond acceptors (Lipinski definition) is 2. The van der Waals surface area contributed by atoms with Crippen LogP contribution in [0.15, 0.2) is 24.3 Å². The van der Waals surface area contributed by atoms with E-state index in [0.29, 0.717) is 5.91 Å². The van der Waals surface area contributed by atoms with Crippen LogP contribution in [0.1, 0.15) is 45.1 Å². The topological polar surface area (TPSA) is 23.6 Å². The van der Waals surface area contributed by atoms with Gasteiger partial charge in [0, 0.05) is 38.6 Å². The SMILES string of the molecule is CCCC[C@H](CC)C(=O)N1CCN(Cc2cccc(F)c2)CC1. The van der Waals surface area contributed by atoms with E-state index in [0.717, 1.165) is 64.0 Å². The molecule has 1 aliphatic heterocycles. The van der Waals surface area contributed by atoms with Gasteiger partial charge in [-0.2, -0.15) is 0 Å². The summed E-state index contributed by atoms with van der Waals surface area (Å²) >= 11 is 0. The van der Waals surface area contributed by atoms with E-state index >= 15 is 0 Å². The molecule has 0 N–H and O–H groups in total. The van der Waals surface area contributed by atoms with E-state index in [4.69, 9.17) is 0 Å². The Morgan fingerprint density at radius 2 is 1.96 bits per heavy atom. The van der Waals surface area contributed by atoms with Crippen LogP contribution in [0.3, 0.4) is 0 Å². The third-order valence-corrected chi connectivity index (χ3v) is 4.73. The molecule has 1 aromatic carbocycles. The number of halogens is 1. The predicted octanol–water partition coefficient (Wildman–Crippen LogP) is 3.69. The van der Waals surface area contributed by atoms with Crippen LogP contribution in [0, 0.1) is 11.7 Å². The predicted molar refractivity (Wildman–Crippen MR) is 91.6 cm³/mol. The highest BCUT2D eigenvalue weighted by Gasteiger charge is 2.26. The van der Waals surface area contributed by atoms with Gasteiger partial charge in [0.15, 0.2) is 0 Å². The van der Waals surface area contributed by atoms with Crippen LogP contribution in [0.25, 0.3) is 0 Å². The lowest BCUT2D eigenvalue weighted by Crippen LogP contribution is -2.49. The average molecular weight is 320 g/mol. The highest BCUT2D eigenvalue weighted by atomic mass is 19.1. The van der Waals surface area contributed by atoms with Gasteiger partial charge in [0.05, 0.1) is 0 Å². The molecule has 1 saturated heterocycles. The van der Waals surface area contributed by atoms with E-state index in [1.807, 2.05) is 11.0 Å². The van der Waals surface area contributed by atoms with Crippen molar-refractivity contribution in [3.05, 3.63) is 35.6 Å². The summed E-state index contributed by atoms with van der Waals surface area (Å²) in [6, 6.07) is 6.78. The summed E-state index contributed by atoms with van der Waals surface area (Å²) in [6.07, 6.45) is 4.21. The second kappa shape index (κ2) is 9.02. The molecule has 1 fully saturated rings. The summed E-state index contributed by atoms with van der Waals surface area (Å²) < 4.78 is 13.2. The maximum Gasteiger partial charge on any atom is 0.225 e. The summed E-state index contributed by atoms with van der Waals surface area (Å²) in [6.45, 7) is 8.35.